The smallest absolute Gasteiger partial charge is 0.318 e. The first kappa shape index (κ1) is 26.6. The normalized spacial score (nSPS) is 23.4. The molecule has 0 radical (unpaired) electrons. The third-order valence-electron chi connectivity index (χ3n) is 7.10. The number of fused-ring (bicyclic) bond motifs is 2. The van der Waals surface area contributed by atoms with Crippen LogP contribution in [0.15, 0.2) is 41.8 Å². The van der Waals surface area contributed by atoms with Crippen LogP contribution >= 0.6 is 23.7 Å². The second-order valence-electron chi connectivity index (χ2n) is 10.2. The second-order valence-corrected chi connectivity index (χ2v) is 11.2. The Kier molecular flexibility index (Phi) is 7.72. The summed E-state index contributed by atoms with van der Waals surface area (Å²) in [5.41, 5.74) is 8.54. The number of nitrogens with one attached hydrogen (secondary N) is 4. The lowest BCUT2D eigenvalue weighted by Gasteiger charge is -2.37. The summed E-state index contributed by atoms with van der Waals surface area (Å²) in [6, 6.07) is 12.1. The number of thiophene rings is 1. The van der Waals surface area contributed by atoms with Gasteiger partial charge in [-0.05, 0) is 51.9 Å². The van der Waals surface area contributed by atoms with Gasteiger partial charge in [-0.1, -0.05) is 30.3 Å². The Bertz CT molecular complexity index is 1200. The molecule has 9 nitrogen and oxygen atoms in total. The molecule has 5 rings (SSSR count). The number of carbonyl (C=O) groups excluding carboxylic acids is 1. The molecule has 2 amide bonds. The molecule has 4 atom stereocenters. The molecule has 194 valence electrons. The summed E-state index contributed by atoms with van der Waals surface area (Å²) in [6.07, 6.45) is -0.0663. The minimum absolute atomic E-state index is 0. The summed E-state index contributed by atoms with van der Waals surface area (Å²) < 4.78 is 1.04. The molecule has 2 aliphatic rings. The molecule has 2 aliphatic heterocycles. The van der Waals surface area contributed by atoms with Crippen molar-refractivity contribution in [2.75, 3.05) is 32.5 Å². The van der Waals surface area contributed by atoms with E-state index in [1.807, 2.05) is 55.6 Å². The van der Waals surface area contributed by atoms with Crippen LogP contribution in [0.25, 0.3) is 10.2 Å². The average molecular weight is 531 g/mol. The Hall–Kier alpha value is -2.50. The van der Waals surface area contributed by atoms with E-state index < -0.39 is 0 Å². The van der Waals surface area contributed by atoms with Gasteiger partial charge in [-0.2, -0.15) is 0 Å². The Morgan fingerprint density at radius 1 is 1.22 bits per heavy atom. The highest BCUT2D eigenvalue weighted by Crippen LogP contribution is 2.38. The number of benzene rings is 1. The number of rotatable bonds is 6. The first-order valence-corrected chi connectivity index (χ1v) is 12.9. The standard InChI is InChI=1S/C25H34N8OS.ClH/c1-15-26-18-11-12-35-20(18)23(27-15)29-22-17-13-33(25(2,3)21(17)30-31-22)24(34)28-19(14-32(4)5)16-9-7-6-8-10-16;/h6-12,17,19,21-22,30-31H,13-14H2,1-5H3,(H,28,34)(H,26,27,29);1H/t17?,19-,21?,22?;/m1./s1. The number of hydrogen-bond acceptors (Lipinski definition) is 8. The summed E-state index contributed by atoms with van der Waals surface area (Å²) in [4.78, 5) is 26.9. The molecular formula is C25H35ClN8OS. The molecule has 2 fully saturated rings. The summed E-state index contributed by atoms with van der Waals surface area (Å²) in [7, 11) is 4.05. The van der Waals surface area contributed by atoms with Gasteiger partial charge in [0.1, 0.15) is 11.6 Å². The number of carbonyl (C=O) groups is 1. The number of amides is 2. The van der Waals surface area contributed by atoms with Crippen molar-refractivity contribution in [2.45, 2.75) is 44.6 Å². The van der Waals surface area contributed by atoms with Crippen molar-refractivity contribution in [2.24, 2.45) is 5.92 Å². The lowest BCUT2D eigenvalue weighted by atomic mass is 9.90. The predicted molar refractivity (Wildman–Crippen MR) is 147 cm³/mol. The molecule has 36 heavy (non-hydrogen) atoms. The maximum atomic E-state index is 13.6. The molecule has 0 spiro atoms. The molecular weight excluding hydrogens is 496 g/mol. The van der Waals surface area contributed by atoms with Crippen molar-refractivity contribution < 1.29 is 4.79 Å². The number of hydrogen-bond donors (Lipinski definition) is 4. The number of anilines is 1. The van der Waals surface area contributed by atoms with E-state index in [4.69, 9.17) is 0 Å². The largest absolute Gasteiger partial charge is 0.352 e. The van der Waals surface area contributed by atoms with E-state index in [1.165, 1.54) is 0 Å². The van der Waals surface area contributed by atoms with Crippen LogP contribution in [0.4, 0.5) is 10.6 Å². The van der Waals surface area contributed by atoms with Gasteiger partial charge in [0, 0.05) is 19.0 Å². The van der Waals surface area contributed by atoms with Gasteiger partial charge in [-0.15, -0.1) is 23.7 Å². The number of aromatic nitrogens is 2. The Balaban J connectivity index is 0.00000304. The number of urea groups is 1. The van der Waals surface area contributed by atoms with Gasteiger partial charge in [-0.25, -0.2) is 20.2 Å². The van der Waals surface area contributed by atoms with Crippen molar-refractivity contribution in [1.82, 2.24) is 35.9 Å². The fourth-order valence-electron chi connectivity index (χ4n) is 5.34. The molecule has 4 heterocycles. The molecule has 2 aromatic heterocycles. The Morgan fingerprint density at radius 3 is 2.69 bits per heavy atom. The van der Waals surface area contributed by atoms with Gasteiger partial charge < -0.3 is 20.4 Å². The quantitative estimate of drug-likeness (QED) is 0.388. The van der Waals surface area contributed by atoms with Gasteiger partial charge in [-0.3, -0.25) is 5.43 Å². The van der Waals surface area contributed by atoms with E-state index in [0.717, 1.165) is 34.0 Å². The van der Waals surface area contributed by atoms with Gasteiger partial charge in [0.2, 0.25) is 0 Å². The van der Waals surface area contributed by atoms with Crippen LogP contribution in [0.3, 0.4) is 0 Å². The minimum Gasteiger partial charge on any atom is -0.352 e. The zero-order valence-corrected chi connectivity index (χ0v) is 22.9. The van der Waals surface area contributed by atoms with E-state index in [-0.39, 0.29) is 48.1 Å². The highest BCUT2D eigenvalue weighted by Gasteiger charge is 2.55. The maximum absolute atomic E-state index is 13.6. The summed E-state index contributed by atoms with van der Waals surface area (Å²) in [5.74, 6) is 1.74. The molecule has 3 unspecified atom stereocenters. The van der Waals surface area contributed by atoms with E-state index in [1.54, 1.807) is 11.3 Å². The van der Waals surface area contributed by atoms with Crippen molar-refractivity contribution >= 4 is 45.8 Å². The van der Waals surface area contributed by atoms with Crippen LogP contribution in [-0.4, -0.2) is 70.7 Å². The van der Waals surface area contributed by atoms with Crippen molar-refractivity contribution in [3.8, 4) is 0 Å². The molecule has 0 bridgehead atoms. The average Bonchev–Trinajstić information content (AvgIpc) is 3.50. The first-order chi connectivity index (χ1) is 16.7. The predicted octanol–water partition coefficient (Wildman–Crippen LogP) is 3.36. The second kappa shape index (κ2) is 10.5. The number of halogens is 1. The van der Waals surface area contributed by atoms with E-state index in [2.05, 4.69) is 62.3 Å². The minimum atomic E-state index is -0.378. The summed E-state index contributed by atoms with van der Waals surface area (Å²) in [6.45, 7) is 7.52. The maximum Gasteiger partial charge on any atom is 0.318 e. The van der Waals surface area contributed by atoms with Gasteiger partial charge in [0.25, 0.3) is 0 Å². The van der Waals surface area contributed by atoms with Gasteiger partial charge in [0.15, 0.2) is 0 Å². The topological polar surface area (TPSA) is 97.5 Å². The van der Waals surface area contributed by atoms with Crippen molar-refractivity contribution in [1.29, 1.82) is 0 Å². The summed E-state index contributed by atoms with van der Waals surface area (Å²) >= 11 is 1.63. The molecule has 1 aromatic carbocycles. The van der Waals surface area contributed by atoms with Crippen LogP contribution in [0.2, 0.25) is 0 Å². The third-order valence-corrected chi connectivity index (χ3v) is 8.01. The fraction of sp³-hybridized carbons (Fsp3) is 0.480. The molecule has 4 N–H and O–H groups in total. The fourth-order valence-corrected chi connectivity index (χ4v) is 6.12. The Morgan fingerprint density at radius 2 is 1.97 bits per heavy atom. The highest BCUT2D eigenvalue weighted by atomic mass is 35.5. The van der Waals surface area contributed by atoms with E-state index in [9.17, 15) is 4.79 Å². The van der Waals surface area contributed by atoms with Crippen LogP contribution < -0.4 is 21.5 Å². The number of likely N-dealkylation sites (tertiary alicyclic amines) is 1. The number of hydrazine groups is 1. The zero-order chi connectivity index (χ0) is 24.7. The monoisotopic (exact) mass is 530 g/mol. The lowest BCUT2D eigenvalue weighted by Crippen LogP contribution is -2.57. The summed E-state index contributed by atoms with van der Waals surface area (Å²) in [5, 5.41) is 8.93. The number of likely N-dealkylation sites (N-methyl/N-ethyl adjacent to an activating group) is 1. The number of aryl methyl sites for hydroxylation is 1. The SMILES string of the molecule is Cc1nc(NC2NNC3C2CN(C(=O)N[C@H](CN(C)C)c2ccccc2)C3(C)C)c2sccc2n1.Cl. The van der Waals surface area contributed by atoms with Crippen molar-refractivity contribution in [3.63, 3.8) is 0 Å². The number of nitrogens with zero attached hydrogens (tertiary/aromatic N) is 4. The van der Waals surface area contributed by atoms with Crippen LogP contribution in [-0.2, 0) is 0 Å². The highest BCUT2D eigenvalue weighted by molar-refractivity contribution is 7.17. The van der Waals surface area contributed by atoms with Crippen LogP contribution in [0, 0.1) is 12.8 Å². The molecule has 2 saturated heterocycles. The molecule has 11 heteroatoms. The van der Waals surface area contributed by atoms with Crippen molar-refractivity contribution in [3.05, 3.63) is 53.2 Å². The van der Waals surface area contributed by atoms with E-state index >= 15 is 0 Å². The van der Waals surface area contributed by atoms with Gasteiger partial charge >= 0.3 is 6.03 Å². The molecule has 0 aliphatic carbocycles. The third kappa shape index (κ3) is 5.01. The Labute approximate surface area is 222 Å². The van der Waals surface area contributed by atoms with E-state index in [0.29, 0.717) is 6.54 Å². The first-order valence-electron chi connectivity index (χ1n) is 12.0. The van der Waals surface area contributed by atoms with Crippen LogP contribution in [0.5, 0.6) is 0 Å². The van der Waals surface area contributed by atoms with Crippen LogP contribution in [0.1, 0.15) is 31.3 Å². The molecule has 0 saturated carbocycles. The zero-order valence-electron chi connectivity index (χ0n) is 21.3. The molecule has 3 aromatic rings. The lowest BCUT2D eigenvalue weighted by molar-refractivity contribution is 0.145. The van der Waals surface area contributed by atoms with Gasteiger partial charge in [0.05, 0.1) is 34.0 Å².